The molecule has 1 aromatic heterocycles. The third-order valence-corrected chi connectivity index (χ3v) is 7.82. The van der Waals surface area contributed by atoms with Crippen LogP contribution in [0.5, 0.6) is 5.75 Å². The van der Waals surface area contributed by atoms with E-state index in [4.69, 9.17) is 9.84 Å². The number of carboxylic acids is 1. The number of hydrogen-bond donors (Lipinski definition) is 2. The Kier molecular flexibility index (Phi) is 6.14. The number of ether oxygens (including phenoxy) is 1. The maximum Gasteiger partial charge on any atom is 0.321 e. The Morgan fingerprint density at radius 1 is 1.40 bits per heavy atom. The maximum atomic E-state index is 11.7. The zero-order valence-corrected chi connectivity index (χ0v) is 18.2. The van der Waals surface area contributed by atoms with Crippen LogP contribution in [0.25, 0.3) is 10.2 Å². The summed E-state index contributed by atoms with van der Waals surface area (Å²) in [5.74, 6) is 0.261. The third-order valence-electron chi connectivity index (χ3n) is 4.41. The van der Waals surface area contributed by atoms with Crippen LogP contribution in [0.4, 0.5) is 5.69 Å². The van der Waals surface area contributed by atoms with Crippen LogP contribution in [-0.2, 0) is 4.79 Å². The number of fused-ring (bicyclic) bond motifs is 1. The normalized spacial score (nSPS) is 18.6. The standard InChI is InChI=1S/C19H17N3O5S3/c1-2-27-11-4-5-12-16(8-11)30-19(21-12)29-15-6-3-10(7-14(15)22(25)26)17-20-13(9-28-17)18(23)24/h3-8,13,17,20H,2,9H2,1H3,(H,23,24)/t13-,17-/m1/s1. The van der Waals surface area contributed by atoms with Crippen molar-refractivity contribution in [3.63, 3.8) is 0 Å². The first-order valence-electron chi connectivity index (χ1n) is 9.04. The van der Waals surface area contributed by atoms with E-state index in [1.807, 2.05) is 25.1 Å². The summed E-state index contributed by atoms with van der Waals surface area (Å²) >= 11 is 4.13. The summed E-state index contributed by atoms with van der Waals surface area (Å²) in [6.45, 7) is 2.49. The molecule has 3 aromatic rings. The molecule has 2 aromatic carbocycles. The fourth-order valence-electron chi connectivity index (χ4n) is 3.01. The van der Waals surface area contributed by atoms with Gasteiger partial charge in [0.1, 0.15) is 11.8 Å². The van der Waals surface area contributed by atoms with Gasteiger partial charge in [-0.1, -0.05) is 17.8 Å². The van der Waals surface area contributed by atoms with Gasteiger partial charge in [-0.05, 0) is 36.8 Å². The van der Waals surface area contributed by atoms with Crippen LogP contribution < -0.4 is 10.1 Å². The molecule has 1 aliphatic heterocycles. The molecule has 0 amide bonds. The highest BCUT2D eigenvalue weighted by Crippen LogP contribution is 2.42. The van der Waals surface area contributed by atoms with E-state index in [1.54, 1.807) is 12.1 Å². The molecule has 0 unspecified atom stereocenters. The van der Waals surface area contributed by atoms with Crippen LogP contribution in [0.3, 0.4) is 0 Å². The molecule has 1 saturated heterocycles. The molecular weight excluding hydrogens is 446 g/mol. The first-order chi connectivity index (χ1) is 14.4. The van der Waals surface area contributed by atoms with Gasteiger partial charge in [-0.2, -0.15) is 0 Å². The average Bonchev–Trinajstić information content (AvgIpc) is 3.35. The number of thiazole rings is 1. The maximum absolute atomic E-state index is 11.7. The minimum atomic E-state index is -0.921. The quantitative estimate of drug-likeness (QED) is 0.385. The SMILES string of the molecule is CCOc1ccc2nc(Sc3ccc([C@@H]4N[C@@H](C(=O)O)CS4)cc3[N+](=O)[O-])sc2c1. The van der Waals surface area contributed by atoms with E-state index in [1.165, 1.54) is 40.9 Å². The third kappa shape index (κ3) is 4.38. The van der Waals surface area contributed by atoms with E-state index in [0.29, 0.717) is 27.2 Å². The van der Waals surface area contributed by atoms with Crippen molar-refractivity contribution in [3.05, 3.63) is 52.1 Å². The molecule has 1 fully saturated rings. The van der Waals surface area contributed by atoms with E-state index < -0.39 is 16.9 Å². The lowest BCUT2D eigenvalue weighted by Crippen LogP contribution is -2.33. The summed E-state index contributed by atoms with van der Waals surface area (Å²) < 4.78 is 7.17. The summed E-state index contributed by atoms with van der Waals surface area (Å²) in [7, 11) is 0. The highest BCUT2D eigenvalue weighted by molar-refractivity contribution is 8.01. The summed E-state index contributed by atoms with van der Waals surface area (Å²) in [6.07, 6.45) is 0. The Morgan fingerprint density at radius 2 is 2.23 bits per heavy atom. The number of carboxylic acid groups (broad SMARTS) is 1. The van der Waals surface area contributed by atoms with Gasteiger partial charge in [0.05, 0.1) is 32.0 Å². The first kappa shape index (κ1) is 20.9. The number of nitrogens with zero attached hydrogens (tertiary/aromatic N) is 2. The zero-order valence-electron chi connectivity index (χ0n) is 15.7. The lowest BCUT2D eigenvalue weighted by Gasteiger charge is -2.12. The highest BCUT2D eigenvalue weighted by Gasteiger charge is 2.31. The van der Waals surface area contributed by atoms with Crippen molar-refractivity contribution in [2.24, 2.45) is 0 Å². The molecular formula is C19H17N3O5S3. The Morgan fingerprint density at radius 3 is 2.93 bits per heavy atom. The molecule has 30 heavy (non-hydrogen) atoms. The van der Waals surface area contributed by atoms with E-state index in [9.17, 15) is 14.9 Å². The van der Waals surface area contributed by atoms with Crippen LogP contribution >= 0.6 is 34.9 Å². The number of hydrogen-bond acceptors (Lipinski definition) is 9. The monoisotopic (exact) mass is 463 g/mol. The van der Waals surface area contributed by atoms with Crippen molar-refractivity contribution in [2.45, 2.75) is 27.6 Å². The number of carbonyl (C=O) groups is 1. The van der Waals surface area contributed by atoms with E-state index in [0.717, 1.165) is 16.0 Å². The number of benzene rings is 2. The van der Waals surface area contributed by atoms with Crippen molar-refractivity contribution < 1.29 is 19.6 Å². The molecule has 0 bridgehead atoms. The molecule has 11 heteroatoms. The minimum Gasteiger partial charge on any atom is -0.494 e. The Labute approximate surface area is 184 Å². The highest BCUT2D eigenvalue weighted by atomic mass is 32.2. The molecule has 1 aliphatic rings. The lowest BCUT2D eigenvalue weighted by atomic mass is 10.2. The van der Waals surface area contributed by atoms with Crippen molar-refractivity contribution in [1.29, 1.82) is 0 Å². The second-order valence-electron chi connectivity index (χ2n) is 6.40. The van der Waals surface area contributed by atoms with Gasteiger partial charge in [-0.25, -0.2) is 4.98 Å². The van der Waals surface area contributed by atoms with Gasteiger partial charge >= 0.3 is 5.97 Å². The van der Waals surface area contributed by atoms with Crippen molar-refractivity contribution in [2.75, 3.05) is 12.4 Å². The summed E-state index contributed by atoms with van der Waals surface area (Å²) in [5, 5.41) is 23.5. The van der Waals surface area contributed by atoms with Gasteiger partial charge in [0.25, 0.3) is 5.69 Å². The Hall–Kier alpha value is -2.34. The number of thioether (sulfide) groups is 1. The topological polar surface area (TPSA) is 115 Å². The minimum absolute atomic E-state index is 0.0204. The molecule has 0 aliphatic carbocycles. The van der Waals surface area contributed by atoms with Crippen LogP contribution in [-0.4, -0.2) is 39.4 Å². The molecule has 156 valence electrons. The molecule has 8 nitrogen and oxygen atoms in total. The fraction of sp³-hybridized carbons (Fsp3) is 0.263. The van der Waals surface area contributed by atoms with Gasteiger partial charge < -0.3 is 9.84 Å². The van der Waals surface area contributed by atoms with Crippen molar-refractivity contribution >= 4 is 56.7 Å². The average molecular weight is 464 g/mol. The zero-order chi connectivity index (χ0) is 21.3. The lowest BCUT2D eigenvalue weighted by molar-refractivity contribution is -0.387. The van der Waals surface area contributed by atoms with Gasteiger partial charge in [0, 0.05) is 11.8 Å². The number of aliphatic carboxylic acids is 1. The predicted octanol–water partition coefficient (Wildman–Crippen LogP) is 4.54. The molecule has 2 N–H and O–H groups in total. The van der Waals surface area contributed by atoms with E-state index >= 15 is 0 Å². The largest absolute Gasteiger partial charge is 0.494 e. The van der Waals surface area contributed by atoms with Gasteiger partial charge in [0.2, 0.25) is 0 Å². The van der Waals surface area contributed by atoms with E-state index in [2.05, 4.69) is 10.3 Å². The number of nitrogens with one attached hydrogen (secondary N) is 1. The summed E-state index contributed by atoms with van der Waals surface area (Å²) in [5.41, 5.74) is 1.48. The van der Waals surface area contributed by atoms with Crippen LogP contribution in [0.15, 0.2) is 45.6 Å². The van der Waals surface area contributed by atoms with E-state index in [-0.39, 0.29) is 11.1 Å². The smallest absolute Gasteiger partial charge is 0.321 e. The van der Waals surface area contributed by atoms with Gasteiger partial charge in [0.15, 0.2) is 4.34 Å². The van der Waals surface area contributed by atoms with Gasteiger partial charge in [-0.15, -0.1) is 23.1 Å². The first-order valence-corrected chi connectivity index (χ1v) is 11.7. The van der Waals surface area contributed by atoms with Crippen molar-refractivity contribution in [3.8, 4) is 5.75 Å². The fourth-order valence-corrected chi connectivity index (χ4v) is 6.37. The second kappa shape index (κ2) is 8.80. The summed E-state index contributed by atoms with van der Waals surface area (Å²) in [6, 6.07) is 10.0. The second-order valence-corrected chi connectivity index (χ2v) is 9.86. The van der Waals surface area contributed by atoms with Crippen LogP contribution in [0.2, 0.25) is 0 Å². The number of nitro benzene ring substituents is 1. The van der Waals surface area contributed by atoms with Gasteiger partial charge in [-0.3, -0.25) is 20.2 Å². The summed E-state index contributed by atoms with van der Waals surface area (Å²) in [4.78, 5) is 27.5. The molecule has 2 heterocycles. The molecule has 4 rings (SSSR count). The number of nitro groups is 1. The molecule has 0 spiro atoms. The molecule has 0 radical (unpaired) electrons. The Bertz CT molecular complexity index is 1120. The van der Waals surface area contributed by atoms with Crippen molar-refractivity contribution in [1.82, 2.24) is 10.3 Å². The molecule has 2 atom stereocenters. The Balaban J connectivity index is 1.59. The van der Waals surface area contributed by atoms with Crippen LogP contribution in [0.1, 0.15) is 17.9 Å². The number of aromatic nitrogens is 1. The predicted molar refractivity (Wildman–Crippen MR) is 118 cm³/mol. The molecule has 0 saturated carbocycles. The number of rotatable bonds is 7. The van der Waals surface area contributed by atoms with Crippen LogP contribution in [0, 0.1) is 10.1 Å².